The summed E-state index contributed by atoms with van der Waals surface area (Å²) in [5, 5.41) is 9.94. The Hall–Kier alpha value is -3.57. The van der Waals surface area contributed by atoms with Crippen molar-refractivity contribution < 1.29 is 9.90 Å². The molecule has 0 aliphatic rings. The number of aromatic carboxylic acids is 1. The molecule has 4 aromatic rings. The molecular weight excluding hydrogens is 338 g/mol. The van der Waals surface area contributed by atoms with Crippen molar-refractivity contribution in [2.75, 3.05) is 0 Å². The minimum Gasteiger partial charge on any atom is -0.478 e. The predicted molar refractivity (Wildman–Crippen MR) is 106 cm³/mol. The number of hydrogen-bond acceptors (Lipinski definition) is 4. The Morgan fingerprint density at radius 1 is 0.889 bits per heavy atom. The summed E-state index contributed by atoms with van der Waals surface area (Å²) in [5.74, 6) is -0.962. The molecule has 2 heterocycles. The number of hydrogen-bond donors (Lipinski definition) is 2. The average Bonchev–Trinajstić information content (AvgIpc) is 2.74. The number of rotatable bonds is 3. The first-order chi connectivity index (χ1) is 13.2. The van der Waals surface area contributed by atoms with Gasteiger partial charge in [0, 0.05) is 18.1 Å². The molecule has 5 nitrogen and oxygen atoms in total. The number of benzene rings is 2. The quantitative estimate of drug-likeness (QED) is 0.575. The molecule has 0 saturated heterocycles. The van der Waals surface area contributed by atoms with Gasteiger partial charge in [0.15, 0.2) is 0 Å². The van der Waals surface area contributed by atoms with Gasteiger partial charge in [-0.1, -0.05) is 54.6 Å². The Kier molecular flexibility index (Phi) is 5.87. The van der Waals surface area contributed by atoms with E-state index in [0.717, 1.165) is 0 Å². The molecule has 0 aliphatic heterocycles. The molecule has 0 aliphatic carbocycles. The summed E-state index contributed by atoms with van der Waals surface area (Å²) < 4.78 is 0. The van der Waals surface area contributed by atoms with E-state index in [1.165, 1.54) is 5.56 Å². The van der Waals surface area contributed by atoms with Crippen LogP contribution in [-0.4, -0.2) is 21.0 Å². The van der Waals surface area contributed by atoms with E-state index >= 15 is 0 Å². The number of para-hydroxylation sites is 1. The molecule has 4 rings (SSSR count). The topological polar surface area (TPSA) is 89.1 Å². The molecule has 2 aromatic heterocycles. The van der Waals surface area contributed by atoms with Crippen LogP contribution in [0.4, 0.5) is 0 Å². The van der Waals surface area contributed by atoms with Crippen LogP contribution in [0.15, 0.2) is 85.1 Å². The van der Waals surface area contributed by atoms with Gasteiger partial charge < -0.3 is 10.8 Å². The maximum absolute atomic E-state index is 11.4. The lowest BCUT2D eigenvalue weighted by atomic mass is 10.1. The van der Waals surface area contributed by atoms with E-state index in [1.54, 1.807) is 30.5 Å². The van der Waals surface area contributed by atoms with Crippen LogP contribution in [-0.2, 0) is 6.54 Å². The highest BCUT2D eigenvalue weighted by molar-refractivity contribution is 6.03. The Bertz CT molecular complexity index is 1040. The summed E-state index contributed by atoms with van der Waals surface area (Å²) >= 11 is 0. The molecule has 0 spiro atoms. The first-order valence-corrected chi connectivity index (χ1v) is 8.47. The molecule has 0 saturated carbocycles. The molecule has 0 unspecified atom stereocenters. The Morgan fingerprint density at radius 3 is 2.22 bits per heavy atom. The van der Waals surface area contributed by atoms with E-state index in [2.05, 4.69) is 9.97 Å². The first kappa shape index (κ1) is 18.2. The normalized spacial score (nSPS) is 10.1. The van der Waals surface area contributed by atoms with Gasteiger partial charge in [0.25, 0.3) is 0 Å². The second kappa shape index (κ2) is 8.69. The van der Waals surface area contributed by atoms with Crippen molar-refractivity contribution in [2.45, 2.75) is 6.54 Å². The highest BCUT2D eigenvalue weighted by Gasteiger charge is 2.12. The van der Waals surface area contributed by atoms with Crippen molar-refractivity contribution in [3.05, 3.63) is 96.2 Å². The van der Waals surface area contributed by atoms with Crippen molar-refractivity contribution in [2.24, 2.45) is 5.73 Å². The molecule has 0 amide bonds. The van der Waals surface area contributed by atoms with Crippen LogP contribution in [0.25, 0.3) is 22.3 Å². The van der Waals surface area contributed by atoms with Crippen LogP contribution in [0.3, 0.4) is 0 Å². The molecule has 2 aromatic carbocycles. The van der Waals surface area contributed by atoms with Gasteiger partial charge in [0.05, 0.1) is 22.5 Å². The molecule has 5 heteroatoms. The van der Waals surface area contributed by atoms with Crippen LogP contribution >= 0.6 is 0 Å². The van der Waals surface area contributed by atoms with Gasteiger partial charge in [-0.15, -0.1) is 0 Å². The smallest absolute Gasteiger partial charge is 0.336 e. The number of pyridine rings is 2. The van der Waals surface area contributed by atoms with Crippen molar-refractivity contribution in [3.8, 4) is 11.4 Å². The third kappa shape index (κ3) is 4.54. The van der Waals surface area contributed by atoms with E-state index in [9.17, 15) is 9.90 Å². The molecule has 0 bridgehead atoms. The first-order valence-electron chi connectivity index (χ1n) is 8.47. The monoisotopic (exact) mass is 357 g/mol. The number of fused-ring (bicyclic) bond motifs is 1. The Balaban J connectivity index is 0.000000221. The molecule has 27 heavy (non-hydrogen) atoms. The Labute approximate surface area is 157 Å². The molecule has 0 fully saturated rings. The molecule has 3 N–H and O–H groups in total. The highest BCUT2D eigenvalue weighted by atomic mass is 16.4. The van der Waals surface area contributed by atoms with Gasteiger partial charge in [0.2, 0.25) is 0 Å². The molecule has 0 radical (unpaired) electrons. The van der Waals surface area contributed by atoms with Gasteiger partial charge >= 0.3 is 5.97 Å². The maximum atomic E-state index is 11.4. The lowest BCUT2D eigenvalue weighted by Crippen LogP contribution is -2.00. The second-order valence-corrected chi connectivity index (χ2v) is 5.78. The zero-order chi connectivity index (χ0) is 19.1. The van der Waals surface area contributed by atoms with Crippen LogP contribution in [0.1, 0.15) is 15.9 Å². The van der Waals surface area contributed by atoms with Crippen LogP contribution in [0, 0.1) is 0 Å². The van der Waals surface area contributed by atoms with Gasteiger partial charge in [-0.3, -0.25) is 4.98 Å². The third-order valence-corrected chi connectivity index (χ3v) is 3.95. The fraction of sp³-hybridized carbons (Fsp3) is 0.0455. The summed E-state index contributed by atoms with van der Waals surface area (Å²) in [5.41, 5.74) is 8.66. The van der Waals surface area contributed by atoms with Gasteiger partial charge in [-0.25, -0.2) is 9.78 Å². The Morgan fingerprint density at radius 2 is 1.59 bits per heavy atom. The zero-order valence-corrected chi connectivity index (χ0v) is 14.6. The molecule has 134 valence electrons. The largest absolute Gasteiger partial charge is 0.478 e. The number of carbonyl (C=O) groups is 1. The summed E-state index contributed by atoms with van der Waals surface area (Å²) in [6.45, 7) is 0.640. The summed E-state index contributed by atoms with van der Waals surface area (Å²) in [4.78, 5) is 20.0. The minimum atomic E-state index is -0.962. The van der Waals surface area contributed by atoms with Crippen molar-refractivity contribution in [3.63, 3.8) is 0 Å². The molecule has 0 atom stereocenters. The van der Waals surface area contributed by atoms with Crippen molar-refractivity contribution in [1.82, 2.24) is 9.97 Å². The van der Waals surface area contributed by atoms with Gasteiger partial charge in [0.1, 0.15) is 0 Å². The van der Waals surface area contributed by atoms with E-state index in [-0.39, 0.29) is 5.56 Å². The van der Waals surface area contributed by atoms with Crippen LogP contribution in [0.2, 0.25) is 0 Å². The summed E-state index contributed by atoms with van der Waals surface area (Å²) in [7, 11) is 0. The number of aromatic nitrogens is 2. The van der Waals surface area contributed by atoms with Crippen molar-refractivity contribution >= 4 is 16.9 Å². The highest BCUT2D eigenvalue weighted by Crippen LogP contribution is 2.23. The van der Waals surface area contributed by atoms with E-state index < -0.39 is 5.97 Å². The molecular formula is C22H19N3O2. The van der Waals surface area contributed by atoms with Crippen LogP contribution in [0.5, 0.6) is 0 Å². The number of nitrogens with two attached hydrogens (primary N) is 1. The maximum Gasteiger partial charge on any atom is 0.336 e. The zero-order valence-electron chi connectivity index (χ0n) is 14.6. The fourth-order valence-electron chi connectivity index (χ4n) is 2.61. The van der Waals surface area contributed by atoms with Gasteiger partial charge in [-0.2, -0.15) is 0 Å². The standard InChI is InChI=1S/C15H10N2O2.C7H9N/c18-15(19)11-9-14(13-7-3-4-8-16-13)17-12-6-2-1-5-10(11)12;8-6-7-4-2-1-3-5-7/h1-9H,(H,18,19);1-5H,6,8H2. The fourth-order valence-corrected chi connectivity index (χ4v) is 2.61. The summed E-state index contributed by atoms with van der Waals surface area (Å²) in [6, 6.07) is 24.2. The van der Waals surface area contributed by atoms with Gasteiger partial charge in [-0.05, 0) is 29.8 Å². The second-order valence-electron chi connectivity index (χ2n) is 5.78. The number of nitrogens with zero attached hydrogens (tertiary/aromatic N) is 2. The number of carboxylic acid groups (broad SMARTS) is 1. The van der Waals surface area contributed by atoms with E-state index in [1.807, 2.05) is 54.6 Å². The van der Waals surface area contributed by atoms with E-state index in [0.29, 0.717) is 28.8 Å². The number of carboxylic acids is 1. The average molecular weight is 357 g/mol. The SMILES string of the molecule is NCc1ccccc1.O=C(O)c1cc(-c2ccccn2)nc2ccccc12. The lowest BCUT2D eigenvalue weighted by molar-refractivity contribution is 0.0699. The summed E-state index contributed by atoms with van der Waals surface area (Å²) in [6.07, 6.45) is 1.66. The van der Waals surface area contributed by atoms with E-state index in [4.69, 9.17) is 5.73 Å². The van der Waals surface area contributed by atoms with Crippen molar-refractivity contribution in [1.29, 1.82) is 0 Å². The third-order valence-electron chi connectivity index (χ3n) is 3.95. The predicted octanol–water partition coefficient (Wildman–Crippen LogP) is 4.14. The lowest BCUT2D eigenvalue weighted by Gasteiger charge is -2.06. The minimum absolute atomic E-state index is 0.242. The van der Waals surface area contributed by atoms with Crippen LogP contribution < -0.4 is 5.73 Å².